The van der Waals surface area contributed by atoms with Crippen molar-refractivity contribution in [3.05, 3.63) is 0 Å². The van der Waals surface area contributed by atoms with Gasteiger partial charge in [-0.25, -0.2) is 4.99 Å². The third-order valence-electron chi connectivity index (χ3n) is 1.22. The minimum Gasteiger partial charge on any atom is -0.452 e. The lowest BCUT2D eigenvalue weighted by Crippen LogP contribution is -2.35. The van der Waals surface area contributed by atoms with Gasteiger partial charge in [-0.3, -0.25) is 0 Å². The SMILES string of the molecule is CCC(OC(N)=NC)C(F)(F)F. The molecule has 0 aliphatic rings. The van der Waals surface area contributed by atoms with Gasteiger partial charge in [0.05, 0.1) is 0 Å². The summed E-state index contributed by atoms with van der Waals surface area (Å²) in [5, 5.41) is 0. The van der Waals surface area contributed by atoms with Gasteiger partial charge in [-0.05, 0) is 6.42 Å². The number of nitrogens with two attached hydrogens (primary N) is 1. The number of hydrogen-bond acceptors (Lipinski definition) is 2. The summed E-state index contributed by atoms with van der Waals surface area (Å²) in [6.07, 6.45) is -6.43. The maximum absolute atomic E-state index is 12.0. The van der Waals surface area contributed by atoms with Crippen LogP contribution in [0.2, 0.25) is 0 Å². The largest absolute Gasteiger partial charge is 0.452 e. The molecule has 0 rings (SSSR count). The average Bonchev–Trinajstić information content (AvgIpc) is 1.97. The summed E-state index contributed by atoms with van der Waals surface area (Å²) in [7, 11) is 1.26. The van der Waals surface area contributed by atoms with Gasteiger partial charge < -0.3 is 10.5 Å². The third-order valence-corrected chi connectivity index (χ3v) is 1.22. The summed E-state index contributed by atoms with van der Waals surface area (Å²) in [4.78, 5) is 3.26. The van der Waals surface area contributed by atoms with E-state index in [0.717, 1.165) is 0 Å². The van der Waals surface area contributed by atoms with E-state index in [2.05, 4.69) is 9.73 Å². The third kappa shape index (κ3) is 3.45. The van der Waals surface area contributed by atoms with Crippen molar-refractivity contribution in [2.45, 2.75) is 25.6 Å². The minimum absolute atomic E-state index is 0.181. The maximum Gasteiger partial charge on any atom is 0.425 e. The van der Waals surface area contributed by atoms with E-state index in [-0.39, 0.29) is 6.42 Å². The Morgan fingerprint density at radius 2 is 2.08 bits per heavy atom. The van der Waals surface area contributed by atoms with Crippen LogP contribution in [-0.4, -0.2) is 25.3 Å². The Kier molecular flexibility index (Phi) is 3.85. The molecule has 0 fully saturated rings. The smallest absolute Gasteiger partial charge is 0.425 e. The summed E-state index contributed by atoms with van der Waals surface area (Å²) in [6, 6.07) is -0.445. The lowest BCUT2D eigenvalue weighted by molar-refractivity contribution is -0.199. The Balaban J connectivity index is 4.19. The van der Waals surface area contributed by atoms with E-state index in [9.17, 15) is 13.2 Å². The second-order valence-corrected chi connectivity index (χ2v) is 2.12. The zero-order valence-electron chi connectivity index (χ0n) is 6.85. The second kappa shape index (κ2) is 4.18. The van der Waals surface area contributed by atoms with Crippen molar-refractivity contribution in [1.29, 1.82) is 0 Å². The Labute approximate surface area is 68.4 Å². The van der Waals surface area contributed by atoms with E-state index in [1.165, 1.54) is 14.0 Å². The molecule has 0 aromatic rings. The van der Waals surface area contributed by atoms with Crippen LogP contribution >= 0.6 is 0 Å². The number of aliphatic imine (C=N–C) groups is 1. The van der Waals surface area contributed by atoms with Crippen LogP contribution in [0.5, 0.6) is 0 Å². The molecule has 0 saturated heterocycles. The Hall–Kier alpha value is -0.940. The molecule has 0 aliphatic heterocycles. The monoisotopic (exact) mass is 184 g/mol. The van der Waals surface area contributed by atoms with Crippen LogP contribution in [0.3, 0.4) is 0 Å². The first-order valence-electron chi connectivity index (χ1n) is 3.37. The van der Waals surface area contributed by atoms with Crippen molar-refractivity contribution in [2.24, 2.45) is 10.7 Å². The molecule has 6 heteroatoms. The summed E-state index contributed by atoms with van der Waals surface area (Å²) in [5.74, 6) is 0. The molecule has 0 radical (unpaired) electrons. The highest BCUT2D eigenvalue weighted by Crippen LogP contribution is 2.24. The molecule has 3 nitrogen and oxygen atoms in total. The van der Waals surface area contributed by atoms with Gasteiger partial charge in [0.15, 0.2) is 6.10 Å². The summed E-state index contributed by atoms with van der Waals surface area (Å²) in [5.41, 5.74) is 4.97. The topological polar surface area (TPSA) is 47.6 Å². The Morgan fingerprint density at radius 3 is 2.33 bits per heavy atom. The quantitative estimate of drug-likeness (QED) is 0.519. The van der Waals surface area contributed by atoms with Gasteiger partial charge in [0.2, 0.25) is 0 Å². The van der Waals surface area contributed by atoms with Crippen LogP contribution in [0.1, 0.15) is 13.3 Å². The van der Waals surface area contributed by atoms with Gasteiger partial charge in [-0.1, -0.05) is 6.92 Å². The molecule has 2 N–H and O–H groups in total. The highest BCUT2D eigenvalue weighted by atomic mass is 19.4. The molecule has 0 spiro atoms. The molecule has 0 aliphatic carbocycles. The maximum atomic E-state index is 12.0. The fraction of sp³-hybridized carbons (Fsp3) is 0.833. The molecule has 0 aromatic carbocycles. The minimum atomic E-state index is -4.38. The molecule has 0 saturated carbocycles. The zero-order chi connectivity index (χ0) is 9.78. The Morgan fingerprint density at radius 1 is 1.58 bits per heavy atom. The van der Waals surface area contributed by atoms with E-state index in [4.69, 9.17) is 5.73 Å². The number of alkyl halides is 3. The fourth-order valence-electron chi connectivity index (χ4n) is 0.580. The van der Waals surface area contributed by atoms with Crippen molar-refractivity contribution in [3.63, 3.8) is 0 Å². The van der Waals surface area contributed by atoms with E-state index < -0.39 is 18.3 Å². The Bertz CT molecular complexity index is 167. The number of ether oxygens (including phenoxy) is 1. The first-order chi connectivity index (χ1) is 5.41. The number of halogens is 3. The van der Waals surface area contributed by atoms with E-state index in [1.807, 2.05) is 0 Å². The molecular weight excluding hydrogens is 173 g/mol. The first-order valence-corrected chi connectivity index (χ1v) is 3.37. The lowest BCUT2D eigenvalue weighted by Gasteiger charge is -2.18. The van der Waals surface area contributed by atoms with Crippen LogP contribution in [0, 0.1) is 0 Å². The van der Waals surface area contributed by atoms with Crippen molar-refractivity contribution in [2.75, 3.05) is 7.05 Å². The van der Waals surface area contributed by atoms with Gasteiger partial charge in [0, 0.05) is 7.05 Å². The normalized spacial score (nSPS) is 15.9. The molecule has 72 valence electrons. The van der Waals surface area contributed by atoms with Crippen molar-refractivity contribution in [3.8, 4) is 0 Å². The number of nitrogens with zero attached hydrogens (tertiary/aromatic N) is 1. The van der Waals surface area contributed by atoms with Crippen LogP contribution in [0.25, 0.3) is 0 Å². The first kappa shape index (κ1) is 11.1. The molecule has 0 heterocycles. The molecule has 12 heavy (non-hydrogen) atoms. The summed E-state index contributed by atoms with van der Waals surface area (Å²) >= 11 is 0. The van der Waals surface area contributed by atoms with Crippen LogP contribution in [0.4, 0.5) is 13.2 Å². The lowest BCUT2D eigenvalue weighted by atomic mass is 10.3. The van der Waals surface area contributed by atoms with E-state index >= 15 is 0 Å². The van der Waals surface area contributed by atoms with Crippen molar-refractivity contribution in [1.82, 2.24) is 0 Å². The van der Waals surface area contributed by atoms with E-state index in [0.29, 0.717) is 0 Å². The predicted molar refractivity (Wildman–Crippen MR) is 38.8 cm³/mol. The van der Waals surface area contributed by atoms with E-state index in [1.54, 1.807) is 0 Å². The van der Waals surface area contributed by atoms with Crippen molar-refractivity contribution >= 4 is 6.02 Å². The molecule has 1 unspecified atom stereocenters. The van der Waals surface area contributed by atoms with Crippen LogP contribution in [-0.2, 0) is 4.74 Å². The van der Waals surface area contributed by atoms with Crippen LogP contribution < -0.4 is 5.73 Å². The molecular formula is C6H11F3N2O. The standard InChI is InChI=1S/C6H11F3N2O/c1-3-4(6(7,8)9)12-5(10)11-2/h4H,3H2,1-2H3,(H2,10,11). The average molecular weight is 184 g/mol. The number of hydrogen-bond donors (Lipinski definition) is 1. The number of amidine groups is 1. The van der Waals surface area contributed by atoms with Gasteiger partial charge in [0.1, 0.15) is 0 Å². The predicted octanol–water partition coefficient (Wildman–Crippen LogP) is 1.29. The summed E-state index contributed by atoms with van der Waals surface area (Å²) in [6.45, 7) is 1.36. The molecule has 0 aromatic heterocycles. The van der Waals surface area contributed by atoms with Crippen LogP contribution in [0.15, 0.2) is 4.99 Å². The highest BCUT2D eigenvalue weighted by molar-refractivity contribution is 5.71. The molecule has 1 atom stereocenters. The van der Waals surface area contributed by atoms with Crippen molar-refractivity contribution < 1.29 is 17.9 Å². The van der Waals surface area contributed by atoms with Gasteiger partial charge in [0.25, 0.3) is 6.02 Å². The zero-order valence-corrected chi connectivity index (χ0v) is 6.85. The summed E-state index contributed by atoms with van der Waals surface area (Å²) < 4.78 is 40.3. The van der Waals surface area contributed by atoms with Gasteiger partial charge in [-0.15, -0.1) is 0 Å². The molecule has 0 bridgehead atoms. The highest BCUT2D eigenvalue weighted by Gasteiger charge is 2.40. The van der Waals surface area contributed by atoms with Gasteiger partial charge >= 0.3 is 6.18 Å². The number of rotatable bonds is 2. The molecule has 0 amide bonds. The second-order valence-electron chi connectivity index (χ2n) is 2.12. The van der Waals surface area contributed by atoms with Gasteiger partial charge in [-0.2, -0.15) is 13.2 Å². The fourth-order valence-corrected chi connectivity index (χ4v) is 0.580.